The maximum atomic E-state index is 13.1. The van der Waals surface area contributed by atoms with Gasteiger partial charge in [0.05, 0.1) is 21.9 Å². The SMILES string of the molecule is O=C(COc1ccc(Cl)c(Cl)c1)NC1(C(=O)Nc2ccc(OC(F)F)nc2)CCCCC1. The highest BCUT2D eigenvalue weighted by atomic mass is 35.5. The Morgan fingerprint density at radius 3 is 2.47 bits per heavy atom. The van der Waals surface area contributed by atoms with Gasteiger partial charge in [0.15, 0.2) is 6.61 Å². The standard InChI is InChI=1S/C21H21Cl2F2N3O4/c22-15-6-5-14(10-16(15)23)31-12-17(29)28-21(8-2-1-3-9-21)19(30)27-13-4-7-18(26-11-13)32-20(24)25/h4-7,10-11,20H,1-3,8-9,12H2,(H,27,30)(H,28,29). The smallest absolute Gasteiger partial charge is 0.388 e. The second-order valence-corrected chi connectivity index (χ2v) is 8.09. The molecule has 0 aliphatic heterocycles. The van der Waals surface area contributed by atoms with Crippen molar-refractivity contribution in [3.63, 3.8) is 0 Å². The van der Waals surface area contributed by atoms with Crippen LogP contribution in [0.3, 0.4) is 0 Å². The van der Waals surface area contributed by atoms with Crippen LogP contribution in [0.5, 0.6) is 11.6 Å². The fourth-order valence-electron chi connectivity index (χ4n) is 3.45. The minimum atomic E-state index is -2.99. The first-order valence-electron chi connectivity index (χ1n) is 9.89. The maximum absolute atomic E-state index is 13.1. The van der Waals surface area contributed by atoms with Gasteiger partial charge >= 0.3 is 6.61 Å². The molecule has 0 saturated heterocycles. The summed E-state index contributed by atoms with van der Waals surface area (Å²) < 4.78 is 34.2. The molecule has 1 aromatic heterocycles. The number of pyridine rings is 1. The Bertz CT molecular complexity index is 955. The quantitative estimate of drug-likeness (QED) is 0.556. The van der Waals surface area contributed by atoms with Gasteiger partial charge in [-0.25, -0.2) is 4.98 Å². The molecule has 1 aliphatic carbocycles. The number of hydrogen-bond acceptors (Lipinski definition) is 5. The molecule has 2 amide bonds. The summed E-state index contributed by atoms with van der Waals surface area (Å²) in [5, 5.41) is 6.16. The number of rotatable bonds is 8. The zero-order valence-corrected chi connectivity index (χ0v) is 18.4. The van der Waals surface area contributed by atoms with Crippen LogP contribution in [-0.4, -0.2) is 35.6 Å². The van der Waals surface area contributed by atoms with Crippen LogP contribution < -0.4 is 20.1 Å². The third-order valence-electron chi connectivity index (χ3n) is 4.99. The van der Waals surface area contributed by atoms with E-state index < -0.39 is 24.0 Å². The number of carbonyl (C=O) groups excluding carboxylic acids is 2. The molecule has 0 unspecified atom stereocenters. The number of benzene rings is 1. The molecule has 3 rings (SSSR count). The predicted molar refractivity (Wildman–Crippen MR) is 115 cm³/mol. The molecule has 1 fully saturated rings. The number of alkyl halides is 2. The number of aromatic nitrogens is 1. The second-order valence-electron chi connectivity index (χ2n) is 7.27. The van der Waals surface area contributed by atoms with Crippen molar-refractivity contribution in [2.45, 2.75) is 44.3 Å². The van der Waals surface area contributed by atoms with Gasteiger partial charge in [0.25, 0.3) is 5.91 Å². The summed E-state index contributed by atoms with van der Waals surface area (Å²) >= 11 is 11.8. The van der Waals surface area contributed by atoms with Crippen LogP contribution >= 0.6 is 23.2 Å². The molecule has 172 valence electrons. The van der Waals surface area contributed by atoms with Gasteiger partial charge in [-0.1, -0.05) is 42.5 Å². The fourth-order valence-corrected chi connectivity index (χ4v) is 3.74. The summed E-state index contributed by atoms with van der Waals surface area (Å²) in [6.07, 6.45) is 4.60. The summed E-state index contributed by atoms with van der Waals surface area (Å²) in [6, 6.07) is 7.25. The zero-order chi connectivity index (χ0) is 23.1. The van der Waals surface area contributed by atoms with Crippen molar-refractivity contribution in [2.75, 3.05) is 11.9 Å². The van der Waals surface area contributed by atoms with Crippen LogP contribution in [0.4, 0.5) is 14.5 Å². The lowest BCUT2D eigenvalue weighted by Crippen LogP contribution is -2.58. The van der Waals surface area contributed by atoms with E-state index in [0.29, 0.717) is 34.3 Å². The number of anilines is 1. The van der Waals surface area contributed by atoms with Crippen LogP contribution in [0, 0.1) is 0 Å². The Kier molecular flexibility index (Phi) is 8.09. The predicted octanol–water partition coefficient (Wildman–Crippen LogP) is 4.83. The molecule has 32 heavy (non-hydrogen) atoms. The average Bonchev–Trinajstić information content (AvgIpc) is 2.76. The highest BCUT2D eigenvalue weighted by Crippen LogP contribution is 2.30. The highest BCUT2D eigenvalue weighted by Gasteiger charge is 2.41. The van der Waals surface area contributed by atoms with Gasteiger partial charge in [-0.05, 0) is 31.0 Å². The molecule has 7 nitrogen and oxygen atoms in total. The third-order valence-corrected chi connectivity index (χ3v) is 5.72. The van der Waals surface area contributed by atoms with Crippen molar-refractivity contribution >= 4 is 40.7 Å². The minimum absolute atomic E-state index is 0.266. The number of halogens is 4. The van der Waals surface area contributed by atoms with Crippen LogP contribution in [0.2, 0.25) is 10.0 Å². The van der Waals surface area contributed by atoms with E-state index in [4.69, 9.17) is 27.9 Å². The third kappa shape index (κ3) is 6.43. The molecular formula is C21H21Cl2F2N3O4. The van der Waals surface area contributed by atoms with E-state index in [1.165, 1.54) is 24.4 Å². The van der Waals surface area contributed by atoms with Crippen LogP contribution in [-0.2, 0) is 9.59 Å². The Hall–Kier alpha value is -2.65. The highest BCUT2D eigenvalue weighted by molar-refractivity contribution is 6.42. The molecule has 2 N–H and O–H groups in total. The van der Waals surface area contributed by atoms with E-state index in [1.807, 2.05) is 0 Å². The first kappa shape index (κ1) is 24.0. The van der Waals surface area contributed by atoms with Crippen molar-refractivity contribution in [1.82, 2.24) is 10.3 Å². The molecule has 1 aromatic carbocycles. The monoisotopic (exact) mass is 487 g/mol. The molecule has 0 radical (unpaired) electrons. The van der Waals surface area contributed by atoms with Crippen molar-refractivity contribution < 1.29 is 27.8 Å². The van der Waals surface area contributed by atoms with Gasteiger partial charge in [-0.3, -0.25) is 9.59 Å². The lowest BCUT2D eigenvalue weighted by atomic mass is 9.80. The summed E-state index contributed by atoms with van der Waals surface area (Å²) in [7, 11) is 0. The fraction of sp³-hybridized carbons (Fsp3) is 0.381. The van der Waals surface area contributed by atoms with E-state index in [0.717, 1.165) is 19.3 Å². The molecule has 0 atom stereocenters. The summed E-state index contributed by atoms with van der Waals surface area (Å²) in [4.78, 5) is 29.4. The van der Waals surface area contributed by atoms with E-state index in [-0.39, 0.29) is 12.5 Å². The van der Waals surface area contributed by atoms with E-state index in [2.05, 4.69) is 20.4 Å². The number of nitrogens with one attached hydrogen (secondary N) is 2. The Labute approximate surface area is 193 Å². The lowest BCUT2D eigenvalue weighted by Gasteiger charge is -2.36. The van der Waals surface area contributed by atoms with Gasteiger partial charge in [0.2, 0.25) is 11.8 Å². The van der Waals surface area contributed by atoms with Crippen LogP contribution in [0.1, 0.15) is 32.1 Å². The summed E-state index contributed by atoms with van der Waals surface area (Å²) in [5.74, 6) is -0.775. The van der Waals surface area contributed by atoms with Gasteiger partial charge in [0, 0.05) is 12.1 Å². The van der Waals surface area contributed by atoms with Crippen molar-refractivity contribution in [3.05, 3.63) is 46.6 Å². The topological polar surface area (TPSA) is 89.5 Å². The largest absolute Gasteiger partial charge is 0.484 e. The maximum Gasteiger partial charge on any atom is 0.388 e. The summed E-state index contributed by atoms with van der Waals surface area (Å²) in [5.41, 5.74) is -0.822. The average molecular weight is 488 g/mol. The Morgan fingerprint density at radius 1 is 1.09 bits per heavy atom. The zero-order valence-electron chi connectivity index (χ0n) is 16.9. The number of nitrogens with zero attached hydrogens (tertiary/aromatic N) is 1. The number of ether oxygens (including phenoxy) is 2. The Balaban J connectivity index is 1.63. The summed E-state index contributed by atoms with van der Waals surface area (Å²) in [6.45, 7) is -3.30. The first-order valence-corrected chi connectivity index (χ1v) is 10.6. The molecule has 2 aromatic rings. The number of carbonyl (C=O) groups is 2. The molecule has 11 heteroatoms. The molecule has 0 spiro atoms. The van der Waals surface area contributed by atoms with Gasteiger partial charge in [-0.15, -0.1) is 0 Å². The second kappa shape index (κ2) is 10.8. The van der Waals surface area contributed by atoms with E-state index >= 15 is 0 Å². The van der Waals surface area contributed by atoms with E-state index in [9.17, 15) is 18.4 Å². The molecular weight excluding hydrogens is 467 g/mol. The molecule has 0 bridgehead atoms. The number of amides is 2. The van der Waals surface area contributed by atoms with Gasteiger partial charge in [-0.2, -0.15) is 8.78 Å². The van der Waals surface area contributed by atoms with Crippen molar-refractivity contribution in [1.29, 1.82) is 0 Å². The van der Waals surface area contributed by atoms with Crippen molar-refractivity contribution in [3.8, 4) is 11.6 Å². The Morgan fingerprint density at radius 2 is 1.84 bits per heavy atom. The van der Waals surface area contributed by atoms with Gasteiger partial charge < -0.3 is 20.1 Å². The van der Waals surface area contributed by atoms with E-state index in [1.54, 1.807) is 12.1 Å². The van der Waals surface area contributed by atoms with Crippen LogP contribution in [0.25, 0.3) is 0 Å². The first-order chi connectivity index (χ1) is 15.3. The van der Waals surface area contributed by atoms with Crippen LogP contribution in [0.15, 0.2) is 36.5 Å². The normalized spacial score (nSPS) is 15.2. The lowest BCUT2D eigenvalue weighted by molar-refractivity contribution is -0.132. The van der Waals surface area contributed by atoms with Crippen molar-refractivity contribution in [2.24, 2.45) is 0 Å². The molecule has 1 aliphatic rings. The van der Waals surface area contributed by atoms with Gasteiger partial charge in [0.1, 0.15) is 11.3 Å². The molecule has 1 saturated carbocycles. The number of hydrogen-bond donors (Lipinski definition) is 2. The minimum Gasteiger partial charge on any atom is -0.484 e. The molecule has 1 heterocycles.